The van der Waals surface area contributed by atoms with Gasteiger partial charge >= 0.3 is 0 Å². The van der Waals surface area contributed by atoms with Crippen LogP contribution in [0.4, 0.5) is 0 Å². The minimum Gasteiger partial charge on any atom is -0.497 e. The van der Waals surface area contributed by atoms with Gasteiger partial charge in [-0.1, -0.05) is 12.1 Å². The maximum atomic E-state index is 6.14. The summed E-state index contributed by atoms with van der Waals surface area (Å²) in [5.74, 6) is 0.879. The lowest BCUT2D eigenvalue weighted by molar-refractivity contribution is -0.114. The van der Waals surface area contributed by atoms with E-state index in [-0.39, 0.29) is 11.7 Å². The van der Waals surface area contributed by atoms with Crippen LogP contribution < -0.4 is 10.1 Å². The van der Waals surface area contributed by atoms with Crippen LogP contribution in [0.3, 0.4) is 0 Å². The fraction of sp³-hybridized carbons (Fsp3) is 0.571. The SMILES string of the molecule is COc1ccc(C2OC(C)(C)CNC2C)cc1. The molecule has 2 unspecified atom stereocenters. The molecule has 0 aliphatic carbocycles. The highest BCUT2D eigenvalue weighted by Crippen LogP contribution is 2.31. The third-order valence-corrected chi connectivity index (χ3v) is 3.19. The zero-order valence-corrected chi connectivity index (χ0v) is 11.0. The van der Waals surface area contributed by atoms with Crippen molar-refractivity contribution >= 4 is 0 Å². The molecule has 1 aromatic rings. The molecule has 1 saturated heterocycles. The Morgan fingerprint density at radius 2 is 1.94 bits per heavy atom. The highest BCUT2D eigenvalue weighted by molar-refractivity contribution is 5.29. The van der Waals surface area contributed by atoms with Crippen molar-refractivity contribution in [3.8, 4) is 5.75 Å². The predicted molar refractivity (Wildman–Crippen MR) is 68.4 cm³/mol. The summed E-state index contributed by atoms with van der Waals surface area (Å²) in [5.41, 5.74) is 1.08. The van der Waals surface area contributed by atoms with Crippen molar-refractivity contribution in [2.45, 2.75) is 38.5 Å². The summed E-state index contributed by atoms with van der Waals surface area (Å²) >= 11 is 0. The number of hydrogen-bond acceptors (Lipinski definition) is 3. The standard InChI is InChI=1S/C14H21NO2/c1-10-13(17-14(2,3)9-15-10)11-5-7-12(16-4)8-6-11/h5-8,10,13,15H,9H2,1-4H3. The second kappa shape index (κ2) is 4.67. The molecular weight excluding hydrogens is 214 g/mol. The van der Waals surface area contributed by atoms with Gasteiger partial charge in [0.15, 0.2) is 0 Å². The molecule has 1 aromatic carbocycles. The Balaban J connectivity index is 2.18. The Kier molecular flexibility index (Phi) is 3.40. The van der Waals surface area contributed by atoms with Crippen LogP contribution in [-0.4, -0.2) is 25.3 Å². The van der Waals surface area contributed by atoms with Crippen molar-refractivity contribution in [1.29, 1.82) is 0 Å². The number of hydrogen-bond donors (Lipinski definition) is 1. The number of nitrogens with one attached hydrogen (secondary N) is 1. The van der Waals surface area contributed by atoms with Crippen molar-refractivity contribution < 1.29 is 9.47 Å². The van der Waals surface area contributed by atoms with E-state index in [0.29, 0.717) is 6.04 Å². The van der Waals surface area contributed by atoms with Gasteiger partial charge in [0.2, 0.25) is 0 Å². The maximum Gasteiger partial charge on any atom is 0.118 e. The van der Waals surface area contributed by atoms with Crippen LogP contribution in [0.2, 0.25) is 0 Å². The van der Waals surface area contributed by atoms with E-state index >= 15 is 0 Å². The van der Waals surface area contributed by atoms with Gasteiger partial charge in [-0.25, -0.2) is 0 Å². The molecule has 1 N–H and O–H groups in total. The van der Waals surface area contributed by atoms with Crippen LogP contribution in [0, 0.1) is 0 Å². The van der Waals surface area contributed by atoms with Gasteiger partial charge in [0.1, 0.15) is 5.75 Å². The van der Waals surface area contributed by atoms with Crippen LogP contribution in [0.5, 0.6) is 5.75 Å². The minimum absolute atomic E-state index is 0.102. The summed E-state index contributed by atoms with van der Waals surface area (Å²) in [6, 6.07) is 8.43. The average Bonchev–Trinajstić information content (AvgIpc) is 2.33. The average molecular weight is 235 g/mol. The molecule has 0 aromatic heterocycles. The molecular formula is C14H21NO2. The first kappa shape index (κ1) is 12.4. The molecule has 2 rings (SSSR count). The molecule has 0 spiro atoms. The molecule has 0 saturated carbocycles. The van der Waals surface area contributed by atoms with Gasteiger partial charge in [0.05, 0.1) is 18.8 Å². The van der Waals surface area contributed by atoms with E-state index in [9.17, 15) is 0 Å². The molecule has 3 heteroatoms. The van der Waals surface area contributed by atoms with Crippen LogP contribution in [0.1, 0.15) is 32.4 Å². The number of ether oxygens (including phenoxy) is 2. The molecule has 1 heterocycles. The number of benzene rings is 1. The zero-order chi connectivity index (χ0) is 12.5. The van der Waals surface area contributed by atoms with E-state index in [1.54, 1.807) is 7.11 Å². The summed E-state index contributed by atoms with van der Waals surface area (Å²) in [6.45, 7) is 7.27. The van der Waals surface area contributed by atoms with Crippen molar-refractivity contribution in [3.63, 3.8) is 0 Å². The fourth-order valence-electron chi connectivity index (χ4n) is 2.15. The first-order valence-corrected chi connectivity index (χ1v) is 6.07. The van der Waals surface area contributed by atoms with Gasteiger partial charge in [-0.05, 0) is 38.5 Å². The van der Waals surface area contributed by atoms with Crippen molar-refractivity contribution in [2.75, 3.05) is 13.7 Å². The fourth-order valence-corrected chi connectivity index (χ4v) is 2.15. The predicted octanol–water partition coefficient (Wildman–Crippen LogP) is 2.52. The second-order valence-electron chi connectivity index (χ2n) is 5.24. The minimum atomic E-state index is -0.114. The summed E-state index contributed by atoms with van der Waals surface area (Å²) in [6.07, 6.45) is 0.102. The quantitative estimate of drug-likeness (QED) is 0.854. The number of morpholine rings is 1. The molecule has 2 atom stereocenters. The van der Waals surface area contributed by atoms with Gasteiger partial charge in [-0.2, -0.15) is 0 Å². The lowest BCUT2D eigenvalue weighted by atomic mass is 9.97. The lowest BCUT2D eigenvalue weighted by Crippen LogP contribution is -2.51. The third-order valence-electron chi connectivity index (χ3n) is 3.19. The molecule has 3 nitrogen and oxygen atoms in total. The highest BCUT2D eigenvalue weighted by Gasteiger charge is 2.33. The largest absolute Gasteiger partial charge is 0.497 e. The Morgan fingerprint density at radius 3 is 2.53 bits per heavy atom. The lowest BCUT2D eigenvalue weighted by Gasteiger charge is -2.41. The van der Waals surface area contributed by atoms with E-state index in [2.05, 4.69) is 38.2 Å². The van der Waals surface area contributed by atoms with Gasteiger partial charge < -0.3 is 14.8 Å². The van der Waals surface area contributed by atoms with Gasteiger partial charge in [-0.15, -0.1) is 0 Å². The van der Waals surface area contributed by atoms with E-state index in [4.69, 9.17) is 9.47 Å². The normalized spacial score (nSPS) is 27.8. The smallest absolute Gasteiger partial charge is 0.118 e. The molecule has 1 fully saturated rings. The number of methoxy groups -OCH3 is 1. The molecule has 0 bridgehead atoms. The first-order valence-electron chi connectivity index (χ1n) is 6.07. The Hall–Kier alpha value is -1.06. The molecule has 1 aliphatic heterocycles. The van der Waals surface area contributed by atoms with Gasteiger partial charge in [-0.3, -0.25) is 0 Å². The van der Waals surface area contributed by atoms with Gasteiger partial charge in [0.25, 0.3) is 0 Å². The van der Waals surface area contributed by atoms with Crippen LogP contribution >= 0.6 is 0 Å². The van der Waals surface area contributed by atoms with Crippen LogP contribution in [0.25, 0.3) is 0 Å². The Labute approximate surface area is 103 Å². The molecule has 0 amide bonds. The molecule has 0 radical (unpaired) electrons. The summed E-state index contributed by atoms with van der Waals surface area (Å²) in [5, 5.41) is 3.49. The zero-order valence-electron chi connectivity index (χ0n) is 11.0. The molecule has 94 valence electrons. The third kappa shape index (κ3) is 2.79. The van der Waals surface area contributed by atoms with Crippen LogP contribution in [-0.2, 0) is 4.74 Å². The van der Waals surface area contributed by atoms with Crippen molar-refractivity contribution in [2.24, 2.45) is 0 Å². The van der Waals surface area contributed by atoms with Crippen LogP contribution in [0.15, 0.2) is 24.3 Å². The van der Waals surface area contributed by atoms with Crippen molar-refractivity contribution in [1.82, 2.24) is 5.32 Å². The monoisotopic (exact) mass is 235 g/mol. The summed E-state index contributed by atoms with van der Waals surface area (Å²) in [7, 11) is 1.68. The van der Waals surface area contributed by atoms with Gasteiger partial charge in [0, 0.05) is 12.6 Å². The van der Waals surface area contributed by atoms with E-state index in [1.807, 2.05) is 12.1 Å². The number of rotatable bonds is 2. The topological polar surface area (TPSA) is 30.5 Å². The Bertz CT molecular complexity index is 372. The van der Waals surface area contributed by atoms with E-state index in [0.717, 1.165) is 12.3 Å². The Morgan fingerprint density at radius 1 is 1.29 bits per heavy atom. The molecule has 1 aliphatic rings. The highest BCUT2D eigenvalue weighted by atomic mass is 16.5. The molecule has 17 heavy (non-hydrogen) atoms. The van der Waals surface area contributed by atoms with E-state index in [1.165, 1.54) is 5.56 Å². The van der Waals surface area contributed by atoms with E-state index < -0.39 is 0 Å². The van der Waals surface area contributed by atoms with Crippen molar-refractivity contribution in [3.05, 3.63) is 29.8 Å². The summed E-state index contributed by atoms with van der Waals surface area (Å²) < 4.78 is 11.3. The second-order valence-corrected chi connectivity index (χ2v) is 5.24. The summed E-state index contributed by atoms with van der Waals surface area (Å²) in [4.78, 5) is 0. The first-order chi connectivity index (χ1) is 8.02. The maximum absolute atomic E-state index is 6.14.